The zero-order valence-electron chi connectivity index (χ0n) is 12.6. The highest BCUT2D eigenvalue weighted by Gasteiger charge is 2.09. The predicted molar refractivity (Wildman–Crippen MR) is 89.2 cm³/mol. The van der Waals surface area contributed by atoms with Crippen LogP contribution in [-0.4, -0.2) is 24.8 Å². The molecule has 2 aromatic carbocycles. The molecule has 2 N–H and O–H groups in total. The highest BCUT2D eigenvalue weighted by Crippen LogP contribution is 2.17. The number of benzene rings is 2. The van der Waals surface area contributed by atoms with Crippen molar-refractivity contribution in [2.75, 3.05) is 19.7 Å². The molecule has 2 rings (SSSR count). The fourth-order valence-electron chi connectivity index (χ4n) is 2.38. The number of aliphatic hydroxyl groups is 1. The monoisotopic (exact) mass is 299 g/mol. The van der Waals surface area contributed by atoms with Crippen molar-refractivity contribution >= 4 is 6.08 Å². The van der Waals surface area contributed by atoms with E-state index in [1.165, 1.54) is 17.7 Å². The molecule has 0 saturated carbocycles. The molecule has 0 aromatic heterocycles. The van der Waals surface area contributed by atoms with E-state index in [4.69, 9.17) is 0 Å². The average Bonchev–Trinajstić information content (AvgIpc) is 2.56. The number of hydrogen-bond donors (Lipinski definition) is 2. The Balaban J connectivity index is 1.79. The summed E-state index contributed by atoms with van der Waals surface area (Å²) >= 11 is 0. The molecule has 116 valence electrons. The first kappa shape index (κ1) is 16.4. The molecule has 0 aliphatic rings. The van der Waals surface area contributed by atoms with Crippen molar-refractivity contribution in [1.82, 2.24) is 5.32 Å². The van der Waals surface area contributed by atoms with Gasteiger partial charge in [0.25, 0.3) is 0 Å². The van der Waals surface area contributed by atoms with Crippen LogP contribution in [0.2, 0.25) is 0 Å². The molecule has 0 aliphatic carbocycles. The highest BCUT2D eigenvalue weighted by atomic mass is 19.1. The van der Waals surface area contributed by atoms with Crippen LogP contribution in [0.1, 0.15) is 23.5 Å². The fraction of sp³-hybridized carbons (Fsp3) is 0.263. The maximum absolute atomic E-state index is 12.8. The molecule has 0 heterocycles. The summed E-state index contributed by atoms with van der Waals surface area (Å²) < 4.78 is 12.8. The molecular formula is C19H22FNO. The third kappa shape index (κ3) is 5.43. The van der Waals surface area contributed by atoms with Gasteiger partial charge < -0.3 is 10.4 Å². The number of halogens is 1. The summed E-state index contributed by atoms with van der Waals surface area (Å²) in [5, 5.41) is 12.6. The van der Waals surface area contributed by atoms with E-state index in [1.807, 2.05) is 30.4 Å². The van der Waals surface area contributed by atoms with Crippen LogP contribution < -0.4 is 5.32 Å². The molecule has 0 saturated heterocycles. The molecule has 1 atom stereocenters. The largest absolute Gasteiger partial charge is 0.396 e. The van der Waals surface area contributed by atoms with Gasteiger partial charge in [0.05, 0.1) is 0 Å². The molecule has 2 aromatic rings. The van der Waals surface area contributed by atoms with Gasteiger partial charge in [-0.25, -0.2) is 4.39 Å². The maximum Gasteiger partial charge on any atom is 0.123 e. The van der Waals surface area contributed by atoms with E-state index in [0.29, 0.717) is 5.92 Å². The second-order valence-corrected chi connectivity index (χ2v) is 5.23. The normalized spacial score (nSPS) is 12.6. The van der Waals surface area contributed by atoms with Crippen LogP contribution in [0.25, 0.3) is 6.08 Å². The van der Waals surface area contributed by atoms with Gasteiger partial charge >= 0.3 is 0 Å². The number of rotatable bonds is 8. The zero-order valence-corrected chi connectivity index (χ0v) is 12.6. The van der Waals surface area contributed by atoms with Gasteiger partial charge in [-0.15, -0.1) is 0 Å². The lowest BCUT2D eigenvalue weighted by Gasteiger charge is -2.16. The lowest BCUT2D eigenvalue weighted by molar-refractivity contribution is 0.274. The minimum absolute atomic E-state index is 0.187. The summed E-state index contributed by atoms with van der Waals surface area (Å²) in [4.78, 5) is 0. The number of nitrogens with one attached hydrogen (secondary N) is 1. The first-order valence-electron chi connectivity index (χ1n) is 7.58. The highest BCUT2D eigenvalue weighted by molar-refractivity contribution is 5.48. The van der Waals surface area contributed by atoms with Crippen molar-refractivity contribution in [3.63, 3.8) is 0 Å². The van der Waals surface area contributed by atoms with E-state index in [1.54, 1.807) is 12.1 Å². The Labute approximate surface area is 131 Å². The topological polar surface area (TPSA) is 32.3 Å². The van der Waals surface area contributed by atoms with Crippen LogP contribution in [-0.2, 0) is 0 Å². The van der Waals surface area contributed by atoms with Gasteiger partial charge in [0.15, 0.2) is 0 Å². The summed E-state index contributed by atoms with van der Waals surface area (Å²) in [6.45, 7) is 1.75. The summed E-state index contributed by atoms with van der Waals surface area (Å²) in [6, 6.07) is 16.7. The molecule has 0 amide bonds. The third-order valence-corrected chi connectivity index (χ3v) is 3.58. The molecule has 0 spiro atoms. The summed E-state index contributed by atoms with van der Waals surface area (Å²) in [5.41, 5.74) is 2.23. The Hall–Kier alpha value is -1.97. The minimum atomic E-state index is -0.218. The van der Waals surface area contributed by atoms with Gasteiger partial charge in [-0.05, 0) is 35.6 Å². The first-order valence-corrected chi connectivity index (χ1v) is 7.58. The van der Waals surface area contributed by atoms with Crippen LogP contribution in [0.15, 0.2) is 60.7 Å². The summed E-state index contributed by atoms with van der Waals surface area (Å²) in [5.74, 6) is 0.0930. The van der Waals surface area contributed by atoms with Crippen LogP contribution in [0.4, 0.5) is 4.39 Å². The Kier molecular flexibility index (Phi) is 6.81. The van der Waals surface area contributed by atoms with Crippen molar-refractivity contribution < 1.29 is 9.50 Å². The van der Waals surface area contributed by atoms with Crippen molar-refractivity contribution in [3.8, 4) is 0 Å². The van der Waals surface area contributed by atoms with Crippen LogP contribution in [0, 0.1) is 5.82 Å². The third-order valence-electron chi connectivity index (χ3n) is 3.58. The van der Waals surface area contributed by atoms with Crippen molar-refractivity contribution in [1.29, 1.82) is 0 Å². The van der Waals surface area contributed by atoms with E-state index in [2.05, 4.69) is 17.4 Å². The zero-order chi connectivity index (χ0) is 15.6. The Bertz CT molecular complexity index is 566. The maximum atomic E-state index is 12.8. The molecule has 0 aliphatic heterocycles. The minimum Gasteiger partial charge on any atom is -0.396 e. The van der Waals surface area contributed by atoms with Crippen molar-refractivity contribution in [2.45, 2.75) is 12.3 Å². The first-order chi connectivity index (χ1) is 10.8. The van der Waals surface area contributed by atoms with Gasteiger partial charge in [0.2, 0.25) is 0 Å². The van der Waals surface area contributed by atoms with Gasteiger partial charge in [0.1, 0.15) is 5.82 Å². The van der Waals surface area contributed by atoms with Crippen molar-refractivity contribution in [2.24, 2.45) is 0 Å². The van der Waals surface area contributed by atoms with Gasteiger partial charge in [-0.2, -0.15) is 0 Å². The van der Waals surface area contributed by atoms with E-state index < -0.39 is 0 Å². The number of aliphatic hydroxyl groups excluding tert-OH is 1. The van der Waals surface area contributed by atoms with E-state index >= 15 is 0 Å². The standard InChI is InChI=1S/C19H22FNO/c20-19-10-8-16(9-11-19)5-4-13-21-15-18(12-14-22)17-6-2-1-3-7-17/h1-11,18,21-22H,12-15H2/b5-4+. The SMILES string of the molecule is OCCC(CNC/C=C/c1ccc(F)cc1)c1ccccc1. The lowest BCUT2D eigenvalue weighted by Crippen LogP contribution is -2.22. The smallest absolute Gasteiger partial charge is 0.123 e. The van der Waals surface area contributed by atoms with E-state index in [0.717, 1.165) is 25.1 Å². The second-order valence-electron chi connectivity index (χ2n) is 5.23. The van der Waals surface area contributed by atoms with Crippen LogP contribution >= 0.6 is 0 Å². The predicted octanol–water partition coefficient (Wildman–Crippen LogP) is 3.59. The quantitative estimate of drug-likeness (QED) is 0.730. The molecule has 3 heteroatoms. The molecule has 0 bridgehead atoms. The second kappa shape index (κ2) is 9.13. The molecule has 2 nitrogen and oxygen atoms in total. The van der Waals surface area contributed by atoms with E-state index in [9.17, 15) is 9.50 Å². The number of hydrogen-bond acceptors (Lipinski definition) is 2. The molecule has 22 heavy (non-hydrogen) atoms. The van der Waals surface area contributed by atoms with Crippen LogP contribution in [0.3, 0.4) is 0 Å². The molecular weight excluding hydrogens is 277 g/mol. The summed E-state index contributed by atoms with van der Waals surface area (Å²) in [6.07, 6.45) is 4.74. The van der Waals surface area contributed by atoms with Crippen molar-refractivity contribution in [3.05, 3.63) is 77.6 Å². The molecule has 0 fully saturated rings. The van der Waals surface area contributed by atoms with Gasteiger partial charge in [-0.3, -0.25) is 0 Å². The Morgan fingerprint density at radius 3 is 2.45 bits per heavy atom. The Morgan fingerprint density at radius 2 is 1.77 bits per heavy atom. The van der Waals surface area contributed by atoms with Crippen LogP contribution in [0.5, 0.6) is 0 Å². The Morgan fingerprint density at radius 1 is 1.05 bits per heavy atom. The average molecular weight is 299 g/mol. The lowest BCUT2D eigenvalue weighted by atomic mass is 9.96. The summed E-state index contributed by atoms with van der Waals surface area (Å²) in [7, 11) is 0. The van der Waals surface area contributed by atoms with E-state index in [-0.39, 0.29) is 12.4 Å². The fourth-order valence-corrected chi connectivity index (χ4v) is 2.38. The molecule has 1 unspecified atom stereocenters. The molecule has 0 radical (unpaired) electrons. The van der Waals surface area contributed by atoms with Gasteiger partial charge in [-0.1, -0.05) is 54.6 Å². The van der Waals surface area contributed by atoms with Gasteiger partial charge in [0, 0.05) is 19.7 Å².